The summed E-state index contributed by atoms with van der Waals surface area (Å²) in [6, 6.07) is 0. The molecule has 0 amide bonds. The molecule has 0 aromatic carbocycles. The van der Waals surface area contributed by atoms with E-state index in [0.717, 1.165) is 4.47 Å². The molecular weight excluding hydrogens is 259 g/mol. The lowest BCUT2D eigenvalue weighted by Gasteiger charge is -2.06. The molecule has 0 fully saturated rings. The number of esters is 1. The molecular formula is C7H8BrClN2O2. The highest BCUT2D eigenvalue weighted by molar-refractivity contribution is 9.10. The molecule has 0 saturated heterocycles. The zero-order valence-electron chi connectivity index (χ0n) is 6.91. The minimum atomic E-state index is -0.697. The van der Waals surface area contributed by atoms with Gasteiger partial charge in [0.15, 0.2) is 5.38 Å². The van der Waals surface area contributed by atoms with Crippen molar-refractivity contribution in [3.63, 3.8) is 0 Å². The summed E-state index contributed by atoms with van der Waals surface area (Å²) in [5, 5.41) is 3.25. The highest BCUT2D eigenvalue weighted by Gasteiger charge is 2.16. The standard InChI is InChI=1S/C7H8BrClN2O2/c1-13-7(12)6(9)4-11-3-5(8)2-10-11/h2-3,6H,4H2,1H3. The molecule has 0 aliphatic heterocycles. The molecule has 0 aliphatic carbocycles. The molecule has 1 aromatic heterocycles. The Hall–Kier alpha value is -0.550. The number of alkyl halides is 1. The van der Waals surface area contributed by atoms with E-state index in [2.05, 4.69) is 25.8 Å². The number of carbonyl (C=O) groups excluding carboxylic acids is 1. The summed E-state index contributed by atoms with van der Waals surface area (Å²) >= 11 is 8.96. The molecule has 6 heteroatoms. The van der Waals surface area contributed by atoms with E-state index < -0.39 is 11.3 Å². The van der Waals surface area contributed by atoms with Crippen LogP contribution in [0, 0.1) is 0 Å². The summed E-state index contributed by atoms with van der Waals surface area (Å²) in [5.74, 6) is -0.451. The Morgan fingerprint density at radius 1 is 1.92 bits per heavy atom. The van der Waals surface area contributed by atoms with Crippen molar-refractivity contribution in [3.05, 3.63) is 16.9 Å². The predicted molar refractivity (Wildman–Crippen MR) is 51.6 cm³/mol. The van der Waals surface area contributed by atoms with Crippen LogP contribution in [-0.2, 0) is 16.1 Å². The topological polar surface area (TPSA) is 44.1 Å². The normalized spacial score (nSPS) is 12.5. The second kappa shape index (κ2) is 4.62. The van der Waals surface area contributed by atoms with Crippen molar-refractivity contribution >= 4 is 33.5 Å². The summed E-state index contributed by atoms with van der Waals surface area (Å²) < 4.78 is 6.88. The van der Waals surface area contributed by atoms with Gasteiger partial charge in [-0.2, -0.15) is 5.10 Å². The Morgan fingerprint density at radius 3 is 3.08 bits per heavy atom. The number of carbonyl (C=O) groups is 1. The number of ether oxygens (including phenoxy) is 1. The van der Waals surface area contributed by atoms with E-state index in [9.17, 15) is 4.79 Å². The number of rotatable bonds is 3. The zero-order valence-corrected chi connectivity index (χ0v) is 9.25. The first kappa shape index (κ1) is 10.5. The minimum Gasteiger partial charge on any atom is -0.468 e. The average Bonchev–Trinajstić information content (AvgIpc) is 2.49. The number of hydrogen-bond acceptors (Lipinski definition) is 3. The molecule has 0 bridgehead atoms. The van der Waals surface area contributed by atoms with Gasteiger partial charge in [0.05, 0.1) is 24.3 Å². The van der Waals surface area contributed by atoms with Gasteiger partial charge < -0.3 is 4.74 Å². The Kier molecular flexibility index (Phi) is 3.74. The molecule has 4 nitrogen and oxygen atoms in total. The summed E-state index contributed by atoms with van der Waals surface area (Å²) in [5.41, 5.74) is 0. The van der Waals surface area contributed by atoms with Gasteiger partial charge in [0.25, 0.3) is 0 Å². The number of aromatic nitrogens is 2. The molecule has 0 spiro atoms. The van der Waals surface area contributed by atoms with Gasteiger partial charge in [-0.3, -0.25) is 9.48 Å². The fourth-order valence-corrected chi connectivity index (χ4v) is 1.36. The molecule has 72 valence electrons. The van der Waals surface area contributed by atoms with Crippen molar-refractivity contribution in [1.29, 1.82) is 0 Å². The smallest absolute Gasteiger partial charge is 0.325 e. The van der Waals surface area contributed by atoms with Crippen LogP contribution in [0.4, 0.5) is 0 Å². The van der Waals surface area contributed by atoms with Crippen LogP contribution >= 0.6 is 27.5 Å². The van der Waals surface area contributed by atoms with Gasteiger partial charge in [-0.05, 0) is 15.9 Å². The quantitative estimate of drug-likeness (QED) is 0.615. The average molecular weight is 268 g/mol. The molecule has 13 heavy (non-hydrogen) atoms. The van der Waals surface area contributed by atoms with Crippen LogP contribution < -0.4 is 0 Å². The van der Waals surface area contributed by atoms with Gasteiger partial charge in [-0.1, -0.05) is 0 Å². The first-order valence-corrected chi connectivity index (χ1v) is 4.76. The van der Waals surface area contributed by atoms with Gasteiger partial charge in [0.1, 0.15) is 0 Å². The van der Waals surface area contributed by atoms with Crippen LogP contribution in [0.25, 0.3) is 0 Å². The second-order valence-corrected chi connectivity index (χ2v) is 3.81. The highest BCUT2D eigenvalue weighted by atomic mass is 79.9. The molecule has 1 aromatic rings. The fourth-order valence-electron chi connectivity index (χ4n) is 0.805. The number of methoxy groups -OCH3 is 1. The van der Waals surface area contributed by atoms with Crippen molar-refractivity contribution in [1.82, 2.24) is 9.78 Å². The Labute approximate surface area is 88.9 Å². The van der Waals surface area contributed by atoms with Crippen LogP contribution in [0.5, 0.6) is 0 Å². The van der Waals surface area contributed by atoms with E-state index in [-0.39, 0.29) is 0 Å². The van der Waals surface area contributed by atoms with E-state index >= 15 is 0 Å². The molecule has 1 atom stereocenters. The Balaban J connectivity index is 2.54. The van der Waals surface area contributed by atoms with Crippen molar-refractivity contribution in [2.75, 3.05) is 7.11 Å². The molecule has 1 rings (SSSR count). The summed E-state index contributed by atoms with van der Waals surface area (Å²) in [7, 11) is 1.30. The van der Waals surface area contributed by atoms with Crippen molar-refractivity contribution < 1.29 is 9.53 Å². The predicted octanol–water partition coefficient (Wildman–Crippen LogP) is 1.43. The van der Waals surface area contributed by atoms with Crippen LogP contribution in [0.2, 0.25) is 0 Å². The highest BCUT2D eigenvalue weighted by Crippen LogP contribution is 2.08. The van der Waals surface area contributed by atoms with Gasteiger partial charge in [0.2, 0.25) is 0 Å². The lowest BCUT2D eigenvalue weighted by Crippen LogP contribution is -2.22. The molecule has 0 radical (unpaired) electrons. The van der Waals surface area contributed by atoms with E-state index in [1.54, 1.807) is 17.1 Å². The van der Waals surface area contributed by atoms with Crippen LogP contribution in [0.15, 0.2) is 16.9 Å². The third kappa shape index (κ3) is 3.00. The first-order valence-electron chi connectivity index (χ1n) is 3.53. The van der Waals surface area contributed by atoms with Crippen molar-refractivity contribution in [3.8, 4) is 0 Å². The Morgan fingerprint density at radius 2 is 2.62 bits per heavy atom. The lowest BCUT2D eigenvalue weighted by molar-refractivity contribution is -0.140. The maximum absolute atomic E-state index is 10.9. The summed E-state index contributed by atoms with van der Waals surface area (Å²) in [6.07, 6.45) is 3.36. The molecule has 0 N–H and O–H groups in total. The lowest BCUT2D eigenvalue weighted by atomic mass is 10.4. The SMILES string of the molecule is COC(=O)C(Cl)Cn1cc(Br)cn1. The maximum Gasteiger partial charge on any atom is 0.325 e. The number of halogens is 2. The monoisotopic (exact) mass is 266 g/mol. The largest absolute Gasteiger partial charge is 0.468 e. The van der Waals surface area contributed by atoms with E-state index in [1.807, 2.05) is 0 Å². The van der Waals surface area contributed by atoms with Crippen molar-refractivity contribution in [2.45, 2.75) is 11.9 Å². The minimum absolute atomic E-state index is 0.305. The van der Waals surface area contributed by atoms with Gasteiger partial charge in [-0.15, -0.1) is 11.6 Å². The van der Waals surface area contributed by atoms with E-state index in [4.69, 9.17) is 11.6 Å². The van der Waals surface area contributed by atoms with Crippen LogP contribution in [0.1, 0.15) is 0 Å². The maximum atomic E-state index is 10.9. The molecule has 0 aliphatic rings. The van der Waals surface area contributed by atoms with Crippen molar-refractivity contribution in [2.24, 2.45) is 0 Å². The first-order chi connectivity index (χ1) is 6.13. The second-order valence-electron chi connectivity index (χ2n) is 2.37. The fraction of sp³-hybridized carbons (Fsp3) is 0.429. The molecule has 0 saturated carbocycles. The van der Waals surface area contributed by atoms with Crippen LogP contribution in [-0.4, -0.2) is 28.2 Å². The molecule has 1 heterocycles. The van der Waals surface area contributed by atoms with E-state index in [1.165, 1.54) is 7.11 Å². The number of nitrogens with zero attached hydrogens (tertiary/aromatic N) is 2. The zero-order chi connectivity index (χ0) is 9.84. The third-order valence-corrected chi connectivity index (χ3v) is 2.13. The summed E-state index contributed by atoms with van der Waals surface area (Å²) in [6.45, 7) is 0.305. The summed E-state index contributed by atoms with van der Waals surface area (Å²) in [4.78, 5) is 10.9. The number of hydrogen-bond donors (Lipinski definition) is 0. The van der Waals surface area contributed by atoms with Gasteiger partial charge in [-0.25, -0.2) is 0 Å². The van der Waals surface area contributed by atoms with Gasteiger partial charge >= 0.3 is 5.97 Å². The van der Waals surface area contributed by atoms with E-state index in [0.29, 0.717) is 6.54 Å². The molecule has 1 unspecified atom stereocenters. The Bertz CT molecular complexity index is 302. The van der Waals surface area contributed by atoms with Gasteiger partial charge in [0, 0.05) is 6.20 Å². The third-order valence-electron chi connectivity index (χ3n) is 1.41. The van der Waals surface area contributed by atoms with Crippen LogP contribution in [0.3, 0.4) is 0 Å².